The Morgan fingerprint density at radius 2 is 1.38 bits per heavy atom. The van der Waals surface area contributed by atoms with Crippen LogP contribution in [0.1, 0.15) is 27.0 Å². The van der Waals surface area contributed by atoms with Crippen molar-refractivity contribution in [2.45, 2.75) is 12.2 Å². The van der Waals surface area contributed by atoms with Crippen LogP contribution in [0, 0.1) is 3.57 Å². The number of fused-ring (bicyclic) bond motifs is 1. The SMILES string of the molecule is O=C(Cc1ccc(I)cc1)c1ccc2c(c1O)OC(c1ccccc1)(c1ccccc1)O2. The zero-order valence-corrected chi connectivity index (χ0v) is 19.2. The molecule has 0 amide bonds. The fraction of sp³-hybridized carbons (Fsp3) is 0.0741. The van der Waals surface area contributed by atoms with Gasteiger partial charge in [0.2, 0.25) is 5.75 Å². The molecule has 1 aliphatic heterocycles. The highest BCUT2D eigenvalue weighted by atomic mass is 127. The van der Waals surface area contributed by atoms with Crippen LogP contribution in [-0.2, 0) is 12.2 Å². The lowest BCUT2D eigenvalue weighted by molar-refractivity contribution is -0.0467. The van der Waals surface area contributed by atoms with Gasteiger partial charge in [0.05, 0.1) is 5.56 Å². The molecule has 0 spiro atoms. The quantitative estimate of drug-likeness (QED) is 0.249. The molecular weight excluding hydrogens is 515 g/mol. The van der Waals surface area contributed by atoms with Crippen molar-refractivity contribution < 1.29 is 19.4 Å². The fourth-order valence-corrected chi connectivity index (χ4v) is 4.24. The number of Topliss-reactive ketones (excluding diaryl/α,β-unsaturated/α-hetero) is 1. The number of ether oxygens (including phenoxy) is 2. The van der Waals surface area contributed by atoms with E-state index < -0.39 is 5.79 Å². The predicted molar refractivity (Wildman–Crippen MR) is 130 cm³/mol. The Hall–Kier alpha value is -3.32. The van der Waals surface area contributed by atoms with Crippen molar-refractivity contribution in [2.24, 2.45) is 0 Å². The molecule has 0 unspecified atom stereocenters. The summed E-state index contributed by atoms with van der Waals surface area (Å²) in [4.78, 5) is 13.0. The number of rotatable bonds is 5. The highest BCUT2D eigenvalue weighted by molar-refractivity contribution is 14.1. The van der Waals surface area contributed by atoms with Gasteiger partial charge in [0.25, 0.3) is 0 Å². The molecule has 0 aliphatic carbocycles. The molecule has 4 aromatic carbocycles. The van der Waals surface area contributed by atoms with Crippen molar-refractivity contribution in [2.75, 3.05) is 0 Å². The second kappa shape index (κ2) is 8.31. The maximum Gasteiger partial charge on any atom is 0.305 e. The van der Waals surface area contributed by atoms with Crippen LogP contribution < -0.4 is 9.47 Å². The van der Waals surface area contributed by atoms with Crippen LogP contribution in [-0.4, -0.2) is 10.9 Å². The summed E-state index contributed by atoms with van der Waals surface area (Å²) in [6.07, 6.45) is 0.187. The Morgan fingerprint density at radius 1 is 0.781 bits per heavy atom. The van der Waals surface area contributed by atoms with Crippen LogP contribution in [0.25, 0.3) is 0 Å². The van der Waals surface area contributed by atoms with Crippen molar-refractivity contribution >= 4 is 28.4 Å². The number of benzene rings is 4. The molecular formula is C27H19IO4. The van der Waals surface area contributed by atoms with E-state index in [9.17, 15) is 9.90 Å². The van der Waals surface area contributed by atoms with Crippen molar-refractivity contribution in [1.82, 2.24) is 0 Å². The number of carbonyl (C=O) groups excluding carboxylic acids is 1. The molecule has 0 saturated heterocycles. The number of aromatic hydroxyl groups is 1. The number of hydrogen-bond acceptors (Lipinski definition) is 4. The van der Waals surface area contributed by atoms with Crippen LogP contribution in [0.15, 0.2) is 97.1 Å². The molecule has 1 aliphatic rings. The van der Waals surface area contributed by atoms with Gasteiger partial charge in [-0.2, -0.15) is 0 Å². The zero-order valence-electron chi connectivity index (χ0n) is 17.0. The summed E-state index contributed by atoms with van der Waals surface area (Å²) in [7, 11) is 0. The van der Waals surface area contributed by atoms with Gasteiger partial charge in [-0.3, -0.25) is 4.79 Å². The first kappa shape index (κ1) is 20.6. The molecule has 0 saturated carbocycles. The average Bonchev–Trinajstić information content (AvgIpc) is 3.24. The lowest BCUT2D eigenvalue weighted by Crippen LogP contribution is -2.36. The number of halogens is 1. The second-order valence-corrected chi connectivity index (χ2v) is 8.81. The monoisotopic (exact) mass is 534 g/mol. The number of ketones is 1. The zero-order chi connectivity index (χ0) is 22.1. The summed E-state index contributed by atoms with van der Waals surface area (Å²) >= 11 is 2.22. The summed E-state index contributed by atoms with van der Waals surface area (Å²) in [6.45, 7) is 0. The Kier molecular flexibility index (Phi) is 5.35. The van der Waals surface area contributed by atoms with Crippen molar-refractivity contribution in [1.29, 1.82) is 0 Å². The van der Waals surface area contributed by atoms with E-state index in [0.29, 0.717) is 5.75 Å². The van der Waals surface area contributed by atoms with Crippen molar-refractivity contribution in [3.8, 4) is 17.2 Å². The highest BCUT2D eigenvalue weighted by Crippen LogP contribution is 2.52. The van der Waals surface area contributed by atoms with Crippen LogP contribution in [0.3, 0.4) is 0 Å². The van der Waals surface area contributed by atoms with Crippen molar-refractivity contribution in [3.05, 3.63) is 123 Å². The third kappa shape index (κ3) is 3.62. The summed E-state index contributed by atoms with van der Waals surface area (Å²) in [5.41, 5.74) is 2.67. The number of phenols is 1. The standard InChI is InChI=1S/C27H19IO4/c28-21-13-11-18(12-14-21)17-23(29)22-15-16-24-26(25(22)30)32-27(31-24,19-7-3-1-4-8-19)20-9-5-2-6-10-20/h1-16,30H,17H2. The normalized spacial score (nSPS) is 13.7. The van der Waals surface area contributed by atoms with Gasteiger partial charge in [0.15, 0.2) is 17.3 Å². The highest BCUT2D eigenvalue weighted by Gasteiger charge is 2.47. The van der Waals surface area contributed by atoms with E-state index in [0.717, 1.165) is 20.3 Å². The minimum absolute atomic E-state index is 0.172. The van der Waals surface area contributed by atoms with E-state index >= 15 is 0 Å². The molecule has 0 aromatic heterocycles. The molecule has 5 rings (SSSR count). The summed E-state index contributed by atoms with van der Waals surface area (Å²) in [5.74, 6) is -1.08. The molecule has 1 N–H and O–H groups in total. The maximum atomic E-state index is 13.0. The lowest BCUT2D eigenvalue weighted by Gasteiger charge is -2.28. The van der Waals surface area contributed by atoms with Gasteiger partial charge < -0.3 is 14.6 Å². The van der Waals surface area contributed by atoms with E-state index in [4.69, 9.17) is 9.47 Å². The van der Waals surface area contributed by atoms with Gasteiger partial charge in [-0.1, -0.05) is 72.8 Å². The third-order valence-corrected chi connectivity index (χ3v) is 6.20. The molecule has 0 atom stereocenters. The Morgan fingerprint density at radius 3 is 1.97 bits per heavy atom. The van der Waals surface area contributed by atoms with Gasteiger partial charge in [0, 0.05) is 21.1 Å². The van der Waals surface area contributed by atoms with Gasteiger partial charge >= 0.3 is 5.79 Å². The molecule has 0 bridgehead atoms. The Labute approximate surface area is 199 Å². The topological polar surface area (TPSA) is 55.8 Å². The van der Waals surface area contributed by atoms with E-state index in [1.165, 1.54) is 0 Å². The smallest absolute Gasteiger partial charge is 0.305 e. The van der Waals surface area contributed by atoms with Gasteiger partial charge in [-0.25, -0.2) is 0 Å². The number of carbonyl (C=O) groups is 1. The molecule has 4 aromatic rings. The van der Waals surface area contributed by atoms with Crippen molar-refractivity contribution in [3.63, 3.8) is 0 Å². The first-order valence-corrected chi connectivity index (χ1v) is 11.3. The lowest BCUT2D eigenvalue weighted by atomic mass is 9.97. The summed E-state index contributed by atoms with van der Waals surface area (Å²) in [5, 5.41) is 11.0. The Bertz CT molecular complexity index is 1230. The molecule has 0 radical (unpaired) electrons. The van der Waals surface area contributed by atoms with E-state index in [1.807, 2.05) is 84.9 Å². The van der Waals surface area contributed by atoms with E-state index in [2.05, 4.69) is 22.6 Å². The number of hydrogen-bond donors (Lipinski definition) is 1. The third-order valence-electron chi connectivity index (χ3n) is 5.48. The van der Waals surface area contributed by atoms with Gasteiger partial charge in [-0.05, 0) is 52.4 Å². The minimum Gasteiger partial charge on any atom is -0.504 e. The van der Waals surface area contributed by atoms with Crippen LogP contribution in [0.2, 0.25) is 0 Å². The maximum absolute atomic E-state index is 13.0. The van der Waals surface area contributed by atoms with Crippen LogP contribution in [0.4, 0.5) is 0 Å². The first-order valence-electron chi connectivity index (χ1n) is 10.2. The van der Waals surface area contributed by atoms with E-state index in [-0.39, 0.29) is 29.3 Å². The number of phenolic OH excluding ortho intramolecular Hbond substituents is 1. The average molecular weight is 534 g/mol. The molecule has 4 nitrogen and oxygen atoms in total. The molecule has 0 fully saturated rings. The van der Waals surface area contributed by atoms with Gasteiger partial charge in [0.1, 0.15) is 0 Å². The molecule has 158 valence electrons. The van der Waals surface area contributed by atoms with E-state index in [1.54, 1.807) is 12.1 Å². The molecule has 1 heterocycles. The van der Waals surface area contributed by atoms with Crippen LogP contribution >= 0.6 is 22.6 Å². The van der Waals surface area contributed by atoms with Crippen LogP contribution in [0.5, 0.6) is 17.2 Å². The Balaban J connectivity index is 1.53. The predicted octanol–water partition coefficient (Wildman–Crippen LogP) is 6.09. The second-order valence-electron chi connectivity index (χ2n) is 7.57. The molecule has 32 heavy (non-hydrogen) atoms. The summed E-state index contributed by atoms with van der Waals surface area (Å²) in [6, 6.07) is 30.2. The summed E-state index contributed by atoms with van der Waals surface area (Å²) < 4.78 is 13.7. The molecule has 5 heteroatoms. The first-order chi connectivity index (χ1) is 15.6. The fourth-order valence-electron chi connectivity index (χ4n) is 3.88. The largest absolute Gasteiger partial charge is 0.504 e. The van der Waals surface area contributed by atoms with Gasteiger partial charge in [-0.15, -0.1) is 0 Å². The minimum atomic E-state index is -1.25.